The van der Waals surface area contributed by atoms with Gasteiger partial charge in [-0.25, -0.2) is 26.7 Å². The summed E-state index contributed by atoms with van der Waals surface area (Å²) in [5.41, 5.74) is 1.25. The van der Waals surface area contributed by atoms with Crippen LogP contribution in [-0.2, 0) is 20.0 Å². The van der Waals surface area contributed by atoms with Gasteiger partial charge >= 0.3 is 0 Å². The molecule has 0 aliphatic carbocycles. The number of nitrogens with one attached hydrogen (secondary N) is 3. The van der Waals surface area contributed by atoms with Gasteiger partial charge in [0.15, 0.2) is 5.11 Å². The maximum Gasteiger partial charge on any atom is 0.264 e. The van der Waals surface area contributed by atoms with Crippen LogP contribution in [0.4, 0.5) is 11.4 Å². The first-order chi connectivity index (χ1) is 15.0. The van der Waals surface area contributed by atoms with E-state index in [-0.39, 0.29) is 20.5 Å². The molecule has 0 spiro atoms. The molecule has 0 aliphatic heterocycles. The van der Waals surface area contributed by atoms with Crippen LogP contribution in [0.3, 0.4) is 0 Å². The quantitative estimate of drug-likeness (QED) is 0.385. The highest BCUT2D eigenvalue weighted by Crippen LogP contribution is 2.16. The lowest BCUT2D eigenvalue weighted by Gasteiger charge is -2.12. The van der Waals surface area contributed by atoms with Crippen LogP contribution in [0, 0.1) is 0 Å². The van der Waals surface area contributed by atoms with E-state index in [4.69, 9.17) is 17.4 Å². The molecule has 9 nitrogen and oxygen atoms in total. The number of hydrogen-bond donors (Lipinski definition) is 4. The number of carbonyl (C=O) groups is 1. The Morgan fingerprint density at radius 3 is 1.66 bits per heavy atom. The van der Waals surface area contributed by atoms with Gasteiger partial charge in [-0.3, -0.25) is 4.79 Å². The van der Waals surface area contributed by atoms with Crippen LogP contribution in [0.15, 0.2) is 88.7 Å². The summed E-state index contributed by atoms with van der Waals surface area (Å²) >= 11 is 5.20. The van der Waals surface area contributed by atoms with Gasteiger partial charge < -0.3 is 10.6 Å². The van der Waals surface area contributed by atoms with E-state index in [9.17, 15) is 21.6 Å². The zero-order valence-corrected chi connectivity index (χ0v) is 18.8. The van der Waals surface area contributed by atoms with Gasteiger partial charge in [-0.2, -0.15) is 0 Å². The predicted octanol–water partition coefficient (Wildman–Crippen LogP) is 2.26. The fourth-order valence-electron chi connectivity index (χ4n) is 2.57. The molecular formula is C20H18N4O5S3. The van der Waals surface area contributed by atoms with E-state index < -0.39 is 26.0 Å². The molecule has 0 saturated heterocycles. The molecule has 1 amide bonds. The third kappa shape index (κ3) is 6.11. The molecule has 0 bridgehead atoms. The number of hydrogen-bond acceptors (Lipinski definition) is 6. The lowest BCUT2D eigenvalue weighted by Crippen LogP contribution is -2.30. The number of amides is 1. The molecule has 3 aromatic carbocycles. The Hall–Kier alpha value is -3.32. The summed E-state index contributed by atoms with van der Waals surface area (Å²) in [5.74, 6) is -0.730. The van der Waals surface area contributed by atoms with E-state index >= 15 is 0 Å². The van der Waals surface area contributed by atoms with Gasteiger partial charge in [0, 0.05) is 16.9 Å². The second-order valence-electron chi connectivity index (χ2n) is 6.47. The average Bonchev–Trinajstić information content (AvgIpc) is 2.74. The summed E-state index contributed by atoms with van der Waals surface area (Å²) in [4.78, 5) is 12.0. The second kappa shape index (κ2) is 9.44. The van der Waals surface area contributed by atoms with Crippen molar-refractivity contribution < 1.29 is 21.6 Å². The van der Waals surface area contributed by atoms with Crippen molar-refractivity contribution in [1.82, 2.24) is 4.72 Å². The lowest BCUT2D eigenvalue weighted by atomic mass is 10.2. The number of nitrogens with two attached hydrogens (primary N) is 1. The molecule has 166 valence electrons. The van der Waals surface area contributed by atoms with Crippen LogP contribution in [0.5, 0.6) is 0 Å². The van der Waals surface area contributed by atoms with Crippen molar-refractivity contribution in [2.75, 3.05) is 10.6 Å². The van der Waals surface area contributed by atoms with Crippen molar-refractivity contribution in [3.05, 3.63) is 84.4 Å². The predicted molar refractivity (Wildman–Crippen MR) is 125 cm³/mol. The van der Waals surface area contributed by atoms with E-state index in [0.29, 0.717) is 11.4 Å². The number of sulfonamides is 2. The summed E-state index contributed by atoms with van der Waals surface area (Å²) in [7, 11) is -7.84. The third-order valence-electron chi connectivity index (χ3n) is 4.13. The molecule has 0 aromatic heterocycles. The molecule has 0 saturated carbocycles. The van der Waals surface area contributed by atoms with Crippen LogP contribution >= 0.6 is 12.2 Å². The normalized spacial score (nSPS) is 11.4. The standard InChI is InChI=1S/C20H18N4O5S3/c21-31(26,27)17-10-6-15(7-11-17)22-20(30)23-16-8-12-18(13-9-16)32(28,29)24-19(25)14-4-2-1-3-5-14/h1-13H,(H,24,25)(H2,21,26,27)(H2,22,23,30). The smallest absolute Gasteiger partial charge is 0.264 e. The van der Waals surface area contributed by atoms with Crippen LogP contribution in [0.1, 0.15) is 10.4 Å². The summed E-state index contributed by atoms with van der Waals surface area (Å²) in [6.07, 6.45) is 0. The van der Waals surface area contributed by atoms with Crippen LogP contribution in [-0.4, -0.2) is 27.9 Å². The summed E-state index contributed by atoms with van der Waals surface area (Å²) in [5, 5.41) is 11.0. The van der Waals surface area contributed by atoms with Crippen LogP contribution in [0.2, 0.25) is 0 Å². The minimum Gasteiger partial charge on any atom is -0.332 e. The highest BCUT2D eigenvalue weighted by molar-refractivity contribution is 7.90. The Morgan fingerprint density at radius 1 is 0.719 bits per heavy atom. The highest BCUT2D eigenvalue weighted by atomic mass is 32.2. The molecule has 5 N–H and O–H groups in total. The van der Waals surface area contributed by atoms with Crippen molar-refractivity contribution in [2.24, 2.45) is 5.14 Å². The van der Waals surface area contributed by atoms with Gasteiger partial charge in [-0.1, -0.05) is 18.2 Å². The lowest BCUT2D eigenvalue weighted by molar-refractivity contribution is 0.0981. The maximum atomic E-state index is 12.4. The van der Waals surface area contributed by atoms with Crippen molar-refractivity contribution in [3.63, 3.8) is 0 Å². The van der Waals surface area contributed by atoms with E-state index in [1.807, 2.05) is 4.72 Å². The molecule has 0 fully saturated rings. The summed E-state index contributed by atoms with van der Waals surface area (Å²) in [6, 6.07) is 19.3. The van der Waals surface area contributed by atoms with Crippen molar-refractivity contribution in [2.45, 2.75) is 9.79 Å². The number of primary sulfonamides is 1. The monoisotopic (exact) mass is 490 g/mol. The molecule has 0 aliphatic rings. The van der Waals surface area contributed by atoms with Crippen LogP contribution in [0.25, 0.3) is 0 Å². The number of benzene rings is 3. The van der Waals surface area contributed by atoms with E-state index in [1.165, 1.54) is 60.7 Å². The van der Waals surface area contributed by atoms with Gasteiger partial charge in [0.05, 0.1) is 9.79 Å². The molecule has 12 heteroatoms. The Labute approximate surface area is 190 Å². The fourth-order valence-corrected chi connectivity index (χ4v) is 4.29. The number of anilines is 2. The first-order valence-electron chi connectivity index (χ1n) is 8.98. The molecule has 3 rings (SSSR count). The Balaban J connectivity index is 1.62. The molecule has 0 atom stereocenters. The number of thiocarbonyl (C=S) groups is 1. The summed E-state index contributed by atoms with van der Waals surface area (Å²) in [6.45, 7) is 0. The van der Waals surface area contributed by atoms with E-state index in [0.717, 1.165) is 0 Å². The number of carbonyl (C=O) groups excluding carboxylic acids is 1. The zero-order chi connectivity index (χ0) is 23.4. The number of rotatable bonds is 6. The molecule has 0 radical (unpaired) electrons. The average molecular weight is 491 g/mol. The molecule has 3 aromatic rings. The van der Waals surface area contributed by atoms with Gasteiger partial charge in [-0.15, -0.1) is 0 Å². The van der Waals surface area contributed by atoms with Crippen molar-refractivity contribution >= 4 is 54.7 Å². The molecule has 32 heavy (non-hydrogen) atoms. The zero-order valence-electron chi connectivity index (χ0n) is 16.3. The largest absolute Gasteiger partial charge is 0.332 e. The van der Waals surface area contributed by atoms with Crippen molar-refractivity contribution in [1.29, 1.82) is 0 Å². The van der Waals surface area contributed by atoms with E-state index in [1.54, 1.807) is 18.2 Å². The highest BCUT2D eigenvalue weighted by Gasteiger charge is 2.18. The third-order valence-corrected chi connectivity index (χ3v) is 6.61. The maximum absolute atomic E-state index is 12.4. The fraction of sp³-hybridized carbons (Fsp3) is 0. The summed E-state index contributed by atoms with van der Waals surface area (Å²) < 4.78 is 49.5. The van der Waals surface area contributed by atoms with E-state index in [2.05, 4.69) is 10.6 Å². The second-order valence-corrected chi connectivity index (χ2v) is 10.1. The van der Waals surface area contributed by atoms with Gasteiger partial charge in [0.1, 0.15) is 0 Å². The Kier molecular flexibility index (Phi) is 6.89. The minimum atomic E-state index is -4.05. The molecule has 0 heterocycles. The van der Waals surface area contributed by atoms with Crippen molar-refractivity contribution in [3.8, 4) is 0 Å². The van der Waals surface area contributed by atoms with Crippen LogP contribution < -0.4 is 20.5 Å². The van der Waals surface area contributed by atoms with Gasteiger partial charge in [0.25, 0.3) is 15.9 Å². The minimum absolute atomic E-state index is 0.0296. The Bertz CT molecular complexity index is 1340. The first-order valence-corrected chi connectivity index (χ1v) is 12.4. The SMILES string of the molecule is NS(=O)(=O)c1ccc(NC(=S)Nc2ccc(S(=O)(=O)NC(=O)c3ccccc3)cc2)cc1. The van der Waals surface area contributed by atoms with Gasteiger partial charge in [0.2, 0.25) is 10.0 Å². The molecular weight excluding hydrogens is 472 g/mol. The molecule has 0 unspecified atom stereocenters. The first kappa shape index (κ1) is 23.3. The topological polar surface area (TPSA) is 147 Å². The van der Waals surface area contributed by atoms with Gasteiger partial charge in [-0.05, 0) is 72.9 Å². The Morgan fingerprint density at radius 2 is 1.19 bits per heavy atom.